The van der Waals surface area contributed by atoms with E-state index in [0.29, 0.717) is 25.2 Å². The van der Waals surface area contributed by atoms with Crippen molar-refractivity contribution < 1.29 is 33.4 Å². The van der Waals surface area contributed by atoms with Crippen LogP contribution in [-0.2, 0) is 28.6 Å². The molecule has 0 unspecified atom stereocenters. The average Bonchev–Trinajstić information content (AvgIpc) is 3.39. The van der Waals surface area contributed by atoms with Gasteiger partial charge < -0.3 is 14.2 Å². The second kappa shape index (κ2) is 21.2. The number of hydrogen-bond donors (Lipinski definition) is 0. The van der Waals surface area contributed by atoms with Crippen LogP contribution in [-0.4, -0.2) is 74.3 Å². The summed E-state index contributed by atoms with van der Waals surface area (Å²) in [5, 5.41) is 0.185. The van der Waals surface area contributed by atoms with Gasteiger partial charge in [-0.25, -0.2) is 9.59 Å². The first-order valence-electron chi connectivity index (χ1n) is 18.6. The molecular formula is C41H59NO7SSi. The van der Waals surface area contributed by atoms with E-state index in [1.165, 1.54) is 29.5 Å². The molecule has 2 aromatic carbocycles. The number of hydrogen-bond acceptors (Lipinski definition) is 8. The summed E-state index contributed by atoms with van der Waals surface area (Å²) in [4.78, 5) is 53.5. The lowest BCUT2D eigenvalue weighted by Gasteiger charge is -2.30. The second-order valence-electron chi connectivity index (χ2n) is 14.9. The molecule has 0 fully saturated rings. The van der Waals surface area contributed by atoms with Gasteiger partial charge in [0.25, 0.3) is 0 Å². The molecule has 8 nitrogen and oxygen atoms in total. The van der Waals surface area contributed by atoms with Crippen LogP contribution in [0.15, 0.2) is 60.7 Å². The number of thioether (sulfide) groups is 1. The highest BCUT2D eigenvalue weighted by Crippen LogP contribution is 2.44. The maximum absolute atomic E-state index is 13.7. The topological polar surface area (TPSA) is 99.2 Å². The van der Waals surface area contributed by atoms with E-state index >= 15 is 0 Å². The molecule has 0 aliphatic heterocycles. The molecule has 0 aromatic heterocycles. The van der Waals surface area contributed by atoms with Crippen molar-refractivity contribution in [1.82, 2.24) is 4.90 Å². The van der Waals surface area contributed by atoms with E-state index in [-0.39, 0.29) is 30.0 Å². The van der Waals surface area contributed by atoms with Crippen LogP contribution in [0, 0.1) is 5.92 Å². The summed E-state index contributed by atoms with van der Waals surface area (Å²) < 4.78 is 17.3. The zero-order chi connectivity index (χ0) is 37.4. The number of ether oxygens (including phenoxy) is 3. The third kappa shape index (κ3) is 13.9. The number of likely N-dealkylation sites (N-methyl/N-ethyl adjacent to an activating group) is 1. The number of amides is 1. The summed E-state index contributed by atoms with van der Waals surface area (Å²) in [7, 11) is 0.138. The minimum Gasteiger partial charge on any atom is -0.466 e. The van der Waals surface area contributed by atoms with Crippen molar-refractivity contribution in [2.75, 3.05) is 26.0 Å². The summed E-state index contributed by atoms with van der Waals surface area (Å²) in [5.41, 5.74) is 4.47. The molecule has 0 bridgehead atoms. The van der Waals surface area contributed by atoms with Crippen LogP contribution in [0.1, 0.15) is 89.2 Å². The van der Waals surface area contributed by atoms with Crippen molar-refractivity contribution in [2.24, 2.45) is 5.92 Å². The first-order valence-corrected chi connectivity index (χ1v) is 23.3. The van der Waals surface area contributed by atoms with Gasteiger partial charge in [0.05, 0.1) is 13.0 Å². The Bertz CT molecular complexity index is 1420. The van der Waals surface area contributed by atoms with Crippen LogP contribution in [0.3, 0.4) is 0 Å². The van der Waals surface area contributed by atoms with Crippen LogP contribution in [0.4, 0.5) is 4.79 Å². The van der Waals surface area contributed by atoms with Gasteiger partial charge in [0.2, 0.25) is 0 Å². The molecule has 0 saturated heterocycles. The van der Waals surface area contributed by atoms with Crippen molar-refractivity contribution in [3.05, 3.63) is 71.8 Å². The van der Waals surface area contributed by atoms with Gasteiger partial charge in [-0.05, 0) is 53.1 Å². The predicted molar refractivity (Wildman–Crippen MR) is 210 cm³/mol. The molecule has 10 heteroatoms. The number of fused-ring (bicyclic) bond motifs is 3. The third-order valence-electron chi connectivity index (χ3n) is 9.05. The normalized spacial score (nSPS) is 13.8. The maximum Gasteiger partial charge on any atom is 0.410 e. The van der Waals surface area contributed by atoms with Crippen molar-refractivity contribution in [3.63, 3.8) is 0 Å². The molecule has 0 N–H and O–H groups in total. The molecule has 2 atom stereocenters. The zero-order valence-electron chi connectivity index (χ0n) is 31.8. The molecule has 3 rings (SSSR count). The lowest BCUT2D eigenvalue weighted by atomic mass is 9.98. The summed E-state index contributed by atoms with van der Waals surface area (Å²) in [6.07, 6.45) is 8.58. The third-order valence-corrected chi connectivity index (χ3v) is 11.7. The fourth-order valence-corrected chi connectivity index (χ4v) is 7.67. The minimum absolute atomic E-state index is 0.111. The molecule has 280 valence electrons. The fraction of sp³-hybridized carbons (Fsp3) is 0.561. The quantitative estimate of drug-likeness (QED) is 0.0411. The van der Waals surface area contributed by atoms with Crippen LogP contribution >= 0.6 is 11.8 Å². The maximum atomic E-state index is 13.7. The first kappa shape index (κ1) is 42.0. The summed E-state index contributed by atoms with van der Waals surface area (Å²) in [6, 6.07) is 16.1. The molecule has 0 spiro atoms. The highest BCUT2D eigenvalue weighted by atomic mass is 32.2. The van der Waals surface area contributed by atoms with E-state index in [2.05, 4.69) is 50.8 Å². The Morgan fingerprint density at radius 1 is 0.902 bits per heavy atom. The van der Waals surface area contributed by atoms with Gasteiger partial charge in [0.15, 0.2) is 5.12 Å². The summed E-state index contributed by atoms with van der Waals surface area (Å²) >= 11 is 1.31. The van der Waals surface area contributed by atoms with E-state index in [0.717, 1.165) is 47.6 Å². The molecule has 1 amide bonds. The molecular weight excluding hydrogens is 679 g/mol. The standard InChI is InChI=1S/C41H59NO7SSi/c1-8-9-10-11-12-24-38(44)50-26-18-17-19-31(28-37(43)47-25-27-51(5,6)7)49-40(45)39(30(2)3)42(4)41(46)48-29-36-34-22-15-13-20-32(34)33-21-14-16-23-35(33)36/h13-17,19-23,30-31,36,39H,8-12,18,24-29H2,1-7H3/t31-,39+/m1/s1. The monoisotopic (exact) mass is 737 g/mol. The van der Waals surface area contributed by atoms with Crippen molar-refractivity contribution in [3.8, 4) is 11.1 Å². The van der Waals surface area contributed by atoms with Gasteiger partial charge in [-0.1, -0.05) is 132 Å². The smallest absolute Gasteiger partial charge is 0.410 e. The number of rotatable bonds is 21. The van der Waals surface area contributed by atoms with E-state index in [1.807, 2.05) is 44.2 Å². The van der Waals surface area contributed by atoms with Crippen molar-refractivity contribution >= 4 is 43.0 Å². The Balaban J connectivity index is 1.62. The van der Waals surface area contributed by atoms with Gasteiger partial charge in [-0.15, -0.1) is 0 Å². The number of benzene rings is 2. The molecule has 1 aliphatic carbocycles. The van der Waals surface area contributed by atoms with Gasteiger partial charge in [-0.3, -0.25) is 14.5 Å². The number of esters is 2. The van der Waals surface area contributed by atoms with Gasteiger partial charge in [0, 0.05) is 33.2 Å². The second-order valence-corrected chi connectivity index (χ2v) is 21.7. The van der Waals surface area contributed by atoms with Crippen molar-refractivity contribution in [1.29, 1.82) is 0 Å². The van der Waals surface area contributed by atoms with E-state index < -0.39 is 38.3 Å². The highest BCUT2D eigenvalue weighted by molar-refractivity contribution is 8.13. The Labute approximate surface area is 311 Å². The van der Waals surface area contributed by atoms with E-state index in [4.69, 9.17) is 14.2 Å². The fourth-order valence-electron chi connectivity index (χ4n) is 6.18. The van der Waals surface area contributed by atoms with Crippen molar-refractivity contribution in [2.45, 2.75) is 116 Å². The van der Waals surface area contributed by atoms with Crippen LogP contribution < -0.4 is 0 Å². The number of carbonyl (C=O) groups is 4. The lowest BCUT2D eigenvalue weighted by Crippen LogP contribution is -2.47. The van der Waals surface area contributed by atoms with Gasteiger partial charge in [-0.2, -0.15) is 0 Å². The molecule has 0 saturated carbocycles. The van der Waals surface area contributed by atoms with Crippen LogP contribution in [0.5, 0.6) is 0 Å². The molecule has 51 heavy (non-hydrogen) atoms. The number of allylic oxidation sites excluding steroid dienone is 1. The zero-order valence-corrected chi connectivity index (χ0v) is 33.6. The number of carbonyl (C=O) groups excluding carboxylic acids is 4. The first-order chi connectivity index (χ1) is 24.3. The number of nitrogens with zero attached hydrogens (tertiary/aromatic N) is 1. The summed E-state index contributed by atoms with van der Waals surface area (Å²) in [5.74, 6) is -0.877. The predicted octanol–water partition coefficient (Wildman–Crippen LogP) is 9.64. The van der Waals surface area contributed by atoms with Gasteiger partial charge >= 0.3 is 18.0 Å². The molecule has 0 radical (unpaired) electrons. The van der Waals surface area contributed by atoms with Crippen LogP contribution in [0.2, 0.25) is 25.7 Å². The highest BCUT2D eigenvalue weighted by Gasteiger charge is 2.35. The Morgan fingerprint density at radius 3 is 2.14 bits per heavy atom. The van der Waals surface area contributed by atoms with Gasteiger partial charge in [0.1, 0.15) is 18.8 Å². The summed E-state index contributed by atoms with van der Waals surface area (Å²) in [6.45, 7) is 12.9. The Morgan fingerprint density at radius 2 is 1.53 bits per heavy atom. The SMILES string of the molecule is CCCCCCCC(=O)SCCC=C[C@H](CC(=O)OCC[Si](C)(C)C)OC(=O)[C@H](C(C)C)N(C)C(=O)OCC1c2ccccc2-c2ccccc21. The average molecular weight is 738 g/mol. The van der Waals surface area contributed by atoms with E-state index in [9.17, 15) is 19.2 Å². The largest absolute Gasteiger partial charge is 0.466 e. The van der Waals surface area contributed by atoms with E-state index in [1.54, 1.807) is 13.1 Å². The number of unbranched alkanes of at least 4 members (excludes halogenated alkanes) is 4. The molecule has 2 aromatic rings. The van der Waals surface area contributed by atoms with Crippen LogP contribution in [0.25, 0.3) is 11.1 Å². The molecule has 0 heterocycles. The Hall–Kier alpha value is -3.37. The Kier molecular flexibility index (Phi) is 17.5. The lowest BCUT2D eigenvalue weighted by molar-refractivity contribution is -0.157. The minimum atomic E-state index is -1.40. The molecule has 1 aliphatic rings.